The zero-order valence-electron chi connectivity index (χ0n) is 8.90. The summed E-state index contributed by atoms with van der Waals surface area (Å²) in [5.41, 5.74) is 0. The predicted molar refractivity (Wildman–Crippen MR) is 65.4 cm³/mol. The van der Waals surface area contributed by atoms with Gasteiger partial charge in [-0.1, -0.05) is 25.6 Å². The fourth-order valence-electron chi connectivity index (χ4n) is 0.692. The summed E-state index contributed by atoms with van der Waals surface area (Å²) in [6.07, 6.45) is 0. The number of rotatable bonds is 4. The minimum absolute atomic E-state index is 0. The highest BCUT2D eigenvalue weighted by Crippen LogP contribution is 2.21. The number of hydrogen-bond acceptors (Lipinski definition) is 3. The molecule has 0 saturated heterocycles. The molecule has 0 N–H and O–H groups in total. The van der Waals surface area contributed by atoms with Crippen LogP contribution in [0, 0.1) is 5.82 Å². The van der Waals surface area contributed by atoms with Crippen LogP contribution in [-0.2, 0) is 13.6 Å². The molecule has 0 saturated carbocycles. The van der Waals surface area contributed by atoms with Crippen molar-refractivity contribution in [2.75, 3.05) is 13.2 Å². The minimum atomic E-state index is -2.14. The molecular weight excluding hydrogens is 230 g/mol. The van der Waals surface area contributed by atoms with Gasteiger partial charge in [0.05, 0.1) is 13.2 Å². The van der Waals surface area contributed by atoms with Crippen LogP contribution < -0.4 is 0 Å². The maximum absolute atomic E-state index is 11.9. The zero-order chi connectivity index (χ0) is 11.5. The van der Waals surface area contributed by atoms with Gasteiger partial charge in [0.2, 0.25) is 0 Å². The lowest BCUT2D eigenvalue weighted by molar-refractivity contribution is 0.243. The Kier molecular flexibility index (Phi) is 13.7. The first-order valence-electron chi connectivity index (χ1n) is 4.70. The molecular formula is C11H20FO3P. The summed E-state index contributed by atoms with van der Waals surface area (Å²) in [5, 5.41) is 0. The molecule has 0 amide bonds. The van der Waals surface area contributed by atoms with Crippen molar-refractivity contribution in [1.29, 1.82) is 0 Å². The molecule has 5 heteroatoms. The molecule has 0 aliphatic carbocycles. The molecule has 16 heavy (non-hydrogen) atoms. The highest BCUT2D eigenvalue weighted by atomic mass is 31.1. The molecule has 0 spiro atoms. The van der Waals surface area contributed by atoms with Gasteiger partial charge < -0.3 is 9.05 Å². The van der Waals surface area contributed by atoms with Crippen molar-refractivity contribution >= 4 is 8.25 Å². The third-order valence-electron chi connectivity index (χ3n) is 1.26. The van der Waals surface area contributed by atoms with Gasteiger partial charge in [-0.05, 0) is 26.0 Å². The van der Waals surface area contributed by atoms with Gasteiger partial charge in [0.15, 0.2) is 0 Å². The van der Waals surface area contributed by atoms with Crippen molar-refractivity contribution in [3.8, 4) is 0 Å². The van der Waals surface area contributed by atoms with E-state index in [1.165, 1.54) is 12.1 Å². The highest BCUT2D eigenvalue weighted by molar-refractivity contribution is 7.33. The Hall–Kier alpha value is -0.700. The predicted octanol–water partition coefficient (Wildman–Crippen LogP) is 3.91. The Morgan fingerprint density at radius 2 is 1.56 bits per heavy atom. The van der Waals surface area contributed by atoms with E-state index in [0.717, 1.165) is 0 Å². The van der Waals surface area contributed by atoms with Crippen molar-refractivity contribution in [3.63, 3.8) is 0 Å². The van der Waals surface area contributed by atoms with E-state index in [0.29, 0.717) is 13.2 Å². The van der Waals surface area contributed by atoms with Crippen molar-refractivity contribution in [3.05, 3.63) is 36.1 Å². The average Bonchev–Trinajstić information content (AvgIpc) is 2.20. The highest BCUT2D eigenvalue weighted by Gasteiger charge is 1.91. The Labute approximate surface area is 97.5 Å². The molecule has 94 valence electrons. The molecule has 0 radical (unpaired) electrons. The third kappa shape index (κ3) is 11.4. The first-order valence-corrected chi connectivity index (χ1v) is 5.93. The van der Waals surface area contributed by atoms with Crippen LogP contribution in [0.2, 0.25) is 0 Å². The van der Waals surface area contributed by atoms with Crippen LogP contribution in [0.4, 0.5) is 4.39 Å². The van der Waals surface area contributed by atoms with E-state index >= 15 is 0 Å². The van der Waals surface area contributed by atoms with Gasteiger partial charge in [-0.2, -0.15) is 0 Å². The SMILES string of the molecule is C.CCO[PH](=O)OCC.Fc1ccccc1. The van der Waals surface area contributed by atoms with Crippen LogP contribution in [0.1, 0.15) is 21.3 Å². The van der Waals surface area contributed by atoms with E-state index in [1.54, 1.807) is 32.0 Å². The second-order valence-corrected chi connectivity index (χ2v) is 3.49. The van der Waals surface area contributed by atoms with E-state index in [9.17, 15) is 8.96 Å². The molecule has 0 heterocycles. The Morgan fingerprint density at radius 3 is 1.81 bits per heavy atom. The van der Waals surface area contributed by atoms with E-state index in [2.05, 4.69) is 9.05 Å². The number of benzene rings is 1. The van der Waals surface area contributed by atoms with Crippen molar-refractivity contribution in [2.45, 2.75) is 21.3 Å². The standard InChI is InChI=1S/C6H5F.C4H11O3P.CH4/c7-6-4-2-1-3-5-6;1-3-6-8(5)7-4-2;/h1-5H;8H,3-4H2,1-2H3;1H4. The van der Waals surface area contributed by atoms with Crippen LogP contribution >= 0.6 is 8.25 Å². The van der Waals surface area contributed by atoms with E-state index < -0.39 is 8.25 Å². The summed E-state index contributed by atoms with van der Waals surface area (Å²) < 4.78 is 31.5. The molecule has 1 aromatic rings. The summed E-state index contributed by atoms with van der Waals surface area (Å²) in [4.78, 5) is 0. The van der Waals surface area contributed by atoms with Gasteiger partial charge in [-0.15, -0.1) is 0 Å². The summed E-state index contributed by atoms with van der Waals surface area (Å²) >= 11 is 0. The Bertz CT molecular complexity index is 259. The van der Waals surface area contributed by atoms with Gasteiger partial charge in [0.25, 0.3) is 0 Å². The Balaban J connectivity index is 0. The molecule has 0 aromatic heterocycles. The molecule has 0 aliphatic heterocycles. The smallest absolute Gasteiger partial charge is 0.311 e. The average molecular weight is 250 g/mol. The van der Waals surface area contributed by atoms with E-state index in [-0.39, 0.29) is 13.2 Å². The number of hydrogen-bond donors (Lipinski definition) is 0. The molecule has 1 rings (SSSR count). The molecule has 0 fully saturated rings. The first kappa shape index (κ1) is 17.7. The minimum Gasteiger partial charge on any atom is -0.311 e. The van der Waals surface area contributed by atoms with Crippen LogP contribution in [0.3, 0.4) is 0 Å². The maximum Gasteiger partial charge on any atom is 0.319 e. The van der Waals surface area contributed by atoms with Gasteiger partial charge in [-0.3, -0.25) is 4.57 Å². The lowest BCUT2D eigenvalue weighted by Crippen LogP contribution is -1.81. The van der Waals surface area contributed by atoms with Gasteiger partial charge in [-0.25, -0.2) is 4.39 Å². The molecule has 0 bridgehead atoms. The van der Waals surface area contributed by atoms with Gasteiger partial charge in [0, 0.05) is 0 Å². The van der Waals surface area contributed by atoms with Crippen molar-refractivity contribution < 1.29 is 18.0 Å². The monoisotopic (exact) mass is 250 g/mol. The van der Waals surface area contributed by atoms with E-state index in [1.807, 2.05) is 0 Å². The van der Waals surface area contributed by atoms with Gasteiger partial charge in [0.1, 0.15) is 5.82 Å². The fourth-order valence-corrected chi connectivity index (χ4v) is 1.25. The molecule has 3 nitrogen and oxygen atoms in total. The van der Waals surface area contributed by atoms with Crippen LogP contribution in [0.25, 0.3) is 0 Å². The summed E-state index contributed by atoms with van der Waals surface area (Å²) in [5.74, 6) is -0.178. The topological polar surface area (TPSA) is 35.5 Å². The fraction of sp³-hybridized carbons (Fsp3) is 0.455. The van der Waals surface area contributed by atoms with Crippen LogP contribution in [-0.4, -0.2) is 13.2 Å². The van der Waals surface area contributed by atoms with Crippen molar-refractivity contribution in [1.82, 2.24) is 0 Å². The summed E-state index contributed by atoms with van der Waals surface area (Å²) in [6, 6.07) is 7.94. The summed E-state index contributed by atoms with van der Waals surface area (Å²) in [7, 11) is -2.14. The van der Waals surface area contributed by atoms with E-state index in [4.69, 9.17) is 0 Å². The normalized spacial score (nSPS) is 9.00. The third-order valence-corrected chi connectivity index (χ3v) is 2.31. The quantitative estimate of drug-likeness (QED) is 0.760. The Morgan fingerprint density at radius 1 is 1.12 bits per heavy atom. The lowest BCUT2D eigenvalue weighted by atomic mass is 10.4. The van der Waals surface area contributed by atoms with Crippen LogP contribution in [0.15, 0.2) is 30.3 Å². The molecule has 1 aromatic carbocycles. The largest absolute Gasteiger partial charge is 0.319 e. The lowest BCUT2D eigenvalue weighted by Gasteiger charge is -1.97. The molecule has 0 unspecified atom stereocenters. The maximum atomic E-state index is 11.9. The van der Waals surface area contributed by atoms with Crippen molar-refractivity contribution in [2.24, 2.45) is 0 Å². The molecule has 0 aliphatic rings. The number of halogens is 1. The zero-order valence-corrected chi connectivity index (χ0v) is 9.90. The second kappa shape index (κ2) is 12.4. The van der Waals surface area contributed by atoms with Crippen LogP contribution in [0.5, 0.6) is 0 Å². The molecule has 0 atom stereocenters. The second-order valence-electron chi connectivity index (χ2n) is 2.41. The van der Waals surface area contributed by atoms with Gasteiger partial charge >= 0.3 is 8.25 Å². The summed E-state index contributed by atoms with van der Waals surface area (Å²) in [6.45, 7) is 4.47. The first-order chi connectivity index (χ1) is 7.20.